The summed E-state index contributed by atoms with van der Waals surface area (Å²) in [7, 11) is 0. The first kappa shape index (κ1) is 13.9. The lowest BCUT2D eigenvalue weighted by molar-refractivity contribution is -0.128. The SMILES string of the molecule is CCCC1(C(=O)NC2CCCCC2C)CCCN1. The Morgan fingerprint density at radius 1 is 1.33 bits per heavy atom. The second-order valence-corrected chi connectivity index (χ2v) is 6.20. The van der Waals surface area contributed by atoms with Crippen molar-refractivity contribution >= 4 is 5.91 Å². The van der Waals surface area contributed by atoms with E-state index in [-0.39, 0.29) is 11.4 Å². The van der Waals surface area contributed by atoms with Crippen LogP contribution in [0.2, 0.25) is 0 Å². The van der Waals surface area contributed by atoms with Crippen LogP contribution in [0.1, 0.15) is 65.2 Å². The smallest absolute Gasteiger partial charge is 0.240 e. The van der Waals surface area contributed by atoms with Gasteiger partial charge in [-0.3, -0.25) is 4.79 Å². The van der Waals surface area contributed by atoms with Crippen molar-refractivity contribution in [3.63, 3.8) is 0 Å². The third kappa shape index (κ3) is 2.87. The van der Waals surface area contributed by atoms with Crippen molar-refractivity contribution in [3.8, 4) is 0 Å². The molecule has 104 valence electrons. The maximum atomic E-state index is 12.6. The van der Waals surface area contributed by atoms with Crippen molar-refractivity contribution in [1.29, 1.82) is 0 Å². The maximum absolute atomic E-state index is 12.6. The largest absolute Gasteiger partial charge is 0.351 e. The summed E-state index contributed by atoms with van der Waals surface area (Å²) in [6, 6.07) is 0.405. The van der Waals surface area contributed by atoms with Crippen molar-refractivity contribution < 1.29 is 4.79 Å². The van der Waals surface area contributed by atoms with E-state index in [1.54, 1.807) is 0 Å². The molecule has 0 spiro atoms. The Morgan fingerprint density at radius 3 is 2.72 bits per heavy atom. The molecule has 3 heteroatoms. The van der Waals surface area contributed by atoms with E-state index in [1.165, 1.54) is 19.3 Å². The minimum absolute atomic E-state index is 0.258. The van der Waals surface area contributed by atoms with Crippen LogP contribution in [0, 0.1) is 5.92 Å². The van der Waals surface area contributed by atoms with Gasteiger partial charge < -0.3 is 10.6 Å². The summed E-state index contributed by atoms with van der Waals surface area (Å²) in [5.41, 5.74) is -0.258. The molecule has 3 unspecified atom stereocenters. The zero-order valence-corrected chi connectivity index (χ0v) is 11.9. The maximum Gasteiger partial charge on any atom is 0.240 e. The lowest BCUT2D eigenvalue weighted by Crippen LogP contribution is -2.57. The monoisotopic (exact) mass is 252 g/mol. The fourth-order valence-corrected chi connectivity index (χ4v) is 3.59. The third-order valence-corrected chi connectivity index (χ3v) is 4.78. The number of hydrogen-bond acceptors (Lipinski definition) is 2. The van der Waals surface area contributed by atoms with Crippen molar-refractivity contribution in [2.75, 3.05) is 6.54 Å². The number of rotatable bonds is 4. The predicted molar refractivity (Wildman–Crippen MR) is 74.4 cm³/mol. The zero-order chi connectivity index (χ0) is 13.0. The molecule has 2 fully saturated rings. The minimum atomic E-state index is -0.258. The number of amides is 1. The quantitative estimate of drug-likeness (QED) is 0.807. The van der Waals surface area contributed by atoms with Crippen LogP contribution in [0.15, 0.2) is 0 Å². The molecule has 2 N–H and O–H groups in total. The third-order valence-electron chi connectivity index (χ3n) is 4.78. The Bertz CT molecular complexity index is 284. The Balaban J connectivity index is 1.96. The first-order chi connectivity index (χ1) is 8.68. The van der Waals surface area contributed by atoms with Gasteiger partial charge in [-0.15, -0.1) is 0 Å². The number of hydrogen-bond donors (Lipinski definition) is 2. The molecule has 1 saturated carbocycles. The van der Waals surface area contributed by atoms with Gasteiger partial charge in [0, 0.05) is 6.04 Å². The average molecular weight is 252 g/mol. The number of carbonyl (C=O) groups is 1. The summed E-state index contributed by atoms with van der Waals surface area (Å²) in [4.78, 5) is 12.6. The second-order valence-electron chi connectivity index (χ2n) is 6.20. The first-order valence-electron chi connectivity index (χ1n) is 7.74. The standard InChI is InChI=1S/C15H28N2O/c1-3-9-15(10-6-11-16-15)14(18)17-13-8-5-4-7-12(13)2/h12-13,16H,3-11H2,1-2H3,(H,17,18). The molecule has 1 aliphatic heterocycles. The van der Waals surface area contributed by atoms with Gasteiger partial charge in [0.05, 0.1) is 5.54 Å². The molecule has 2 rings (SSSR count). The summed E-state index contributed by atoms with van der Waals surface area (Å²) in [6.45, 7) is 5.44. The van der Waals surface area contributed by atoms with Gasteiger partial charge in [0.1, 0.15) is 0 Å². The Morgan fingerprint density at radius 2 is 2.11 bits per heavy atom. The molecule has 1 aliphatic carbocycles. The van der Waals surface area contributed by atoms with Crippen LogP contribution in [0.3, 0.4) is 0 Å². The van der Waals surface area contributed by atoms with Crippen LogP contribution in [0.4, 0.5) is 0 Å². The molecular weight excluding hydrogens is 224 g/mol. The molecule has 18 heavy (non-hydrogen) atoms. The van der Waals surface area contributed by atoms with E-state index in [4.69, 9.17) is 0 Å². The van der Waals surface area contributed by atoms with Gasteiger partial charge in [-0.05, 0) is 44.6 Å². The molecule has 1 amide bonds. The molecule has 0 radical (unpaired) electrons. The highest BCUT2D eigenvalue weighted by Gasteiger charge is 2.41. The molecular formula is C15H28N2O. The number of carbonyl (C=O) groups excluding carboxylic acids is 1. The molecule has 3 nitrogen and oxygen atoms in total. The fourth-order valence-electron chi connectivity index (χ4n) is 3.59. The van der Waals surface area contributed by atoms with Gasteiger partial charge in [0.25, 0.3) is 0 Å². The van der Waals surface area contributed by atoms with Gasteiger partial charge in [-0.1, -0.05) is 33.1 Å². The number of nitrogens with one attached hydrogen (secondary N) is 2. The summed E-state index contributed by atoms with van der Waals surface area (Å²) in [5, 5.41) is 6.80. The highest BCUT2D eigenvalue weighted by Crippen LogP contribution is 2.28. The molecule has 0 aromatic heterocycles. The topological polar surface area (TPSA) is 41.1 Å². The lowest BCUT2D eigenvalue weighted by Gasteiger charge is -2.34. The summed E-state index contributed by atoms with van der Waals surface area (Å²) in [5.74, 6) is 0.906. The van der Waals surface area contributed by atoms with E-state index in [2.05, 4.69) is 24.5 Å². The van der Waals surface area contributed by atoms with E-state index in [0.29, 0.717) is 12.0 Å². The van der Waals surface area contributed by atoms with Gasteiger partial charge >= 0.3 is 0 Å². The zero-order valence-electron chi connectivity index (χ0n) is 11.9. The molecule has 2 aliphatic rings. The average Bonchev–Trinajstić information content (AvgIpc) is 2.82. The van der Waals surface area contributed by atoms with Crippen LogP contribution in [0.5, 0.6) is 0 Å². The van der Waals surface area contributed by atoms with Crippen molar-refractivity contribution in [2.45, 2.75) is 76.8 Å². The van der Waals surface area contributed by atoms with Crippen LogP contribution < -0.4 is 10.6 Å². The van der Waals surface area contributed by atoms with Crippen LogP contribution in [0.25, 0.3) is 0 Å². The molecule has 0 aromatic rings. The van der Waals surface area contributed by atoms with Gasteiger partial charge in [-0.25, -0.2) is 0 Å². The fraction of sp³-hybridized carbons (Fsp3) is 0.933. The van der Waals surface area contributed by atoms with Crippen molar-refractivity contribution in [3.05, 3.63) is 0 Å². The Hall–Kier alpha value is -0.570. The Kier molecular flexibility index (Phi) is 4.66. The van der Waals surface area contributed by atoms with E-state index in [1.807, 2.05) is 0 Å². The normalized spacial score (nSPS) is 36.6. The van der Waals surface area contributed by atoms with Crippen LogP contribution in [-0.2, 0) is 4.79 Å². The predicted octanol–water partition coefficient (Wildman–Crippen LogP) is 2.60. The highest BCUT2D eigenvalue weighted by atomic mass is 16.2. The van der Waals surface area contributed by atoms with Gasteiger partial charge in [0.15, 0.2) is 0 Å². The summed E-state index contributed by atoms with van der Waals surface area (Å²) >= 11 is 0. The van der Waals surface area contributed by atoms with E-state index in [0.717, 1.165) is 38.6 Å². The van der Waals surface area contributed by atoms with Crippen molar-refractivity contribution in [2.24, 2.45) is 5.92 Å². The molecule has 1 saturated heterocycles. The van der Waals surface area contributed by atoms with Gasteiger partial charge in [-0.2, -0.15) is 0 Å². The van der Waals surface area contributed by atoms with Crippen molar-refractivity contribution in [1.82, 2.24) is 10.6 Å². The van der Waals surface area contributed by atoms with Gasteiger partial charge in [0.2, 0.25) is 5.91 Å². The van der Waals surface area contributed by atoms with Crippen LogP contribution in [-0.4, -0.2) is 24.0 Å². The highest BCUT2D eigenvalue weighted by molar-refractivity contribution is 5.87. The molecule has 1 heterocycles. The molecule has 0 bridgehead atoms. The van der Waals surface area contributed by atoms with Crippen LogP contribution >= 0.6 is 0 Å². The summed E-state index contributed by atoms with van der Waals surface area (Å²) < 4.78 is 0. The summed E-state index contributed by atoms with van der Waals surface area (Å²) in [6.07, 6.45) is 9.20. The van der Waals surface area contributed by atoms with E-state index in [9.17, 15) is 4.79 Å². The Labute approximate surface area is 111 Å². The minimum Gasteiger partial charge on any atom is -0.351 e. The second kappa shape index (κ2) is 6.05. The lowest BCUT2D eigenvalue weighted by atomic mass is 9.84. The molecule has 3 atom stereocenters. The van der Waals surface area contributed by atoms with E-state index < -0.39 is 0 Å². The van der Waals surface area contributed by atoms with E-state index >= 15 is 0 Å². The first-order valence-corrected chi connectivity index (χ1v) is 7.74. The molecule has 0 aromatic carbocycles.